The van der Waals surface area contributed by atoms with E-state index in [1.165, 1.54) is 6.07 Å². The molecule has 1 unspecified atom stereocenters. The fraction of sp³-hybridized carbons (Fsp3) is 0.385. The molecule has 0 aliphatic rings. The zero-order chi connectivity index (χ0) is 11.1. The SMILES string of the molecule is C#CCC(Cc1ccccc1F)NCC. The Morgan fingerprint density at radius 3 is 2.80 bits per heavy atom. The van der Waals surface area contributed by atoms with Crippen molar-refractivity contribution in [1.29, 1.82) is 0 Å². The molecule has 80 valence electrons. The highest BCUT2D eigenvalue weighted by atomic mass is 19.1. The van der Waals surface area contributed by atoms with Crippen molar-refractivity contribution in [1.82, 2.24) is 5.32 Å². The minimum Gasteiger partial charge on any atom is -0.313 e. The van der Waals surface area contributed by atoms with Gasteiger partial charge in [0.15, 0.2) is 0 Å². The monoisotopic (exact) mass is 205 g/mol. The molecule has 1 aromatic rings. The lowest BCUT2D eigenvalue weighted by atomic mass is 10.0. The Balaban J connectivity index is 2.66. The van der Waals surface area contributed by atoms with Crippen LogP contribution in [0.1, 0.15) is 18.9 Å². The number of hydrogen-bond acceptors (Lipinski definition) is 1. The van der Waals surface area contributed by atoms with Crippen LogP contribution in [0.4, 0.5) is 4.39 Å². The number of rotatable bonds is 5. The second-order valence-corrected chi connectivity index (χ2v) is 3.46. The molecule has 0 saturated heterocycles. The first kappa shape index (κ1) is 11.7. The molecule has 1 nitrogen and oxygen atoms in total. The molecule has 15 heavy (non-hydrogen) atoms. The topological polar surface area (TPSA) is 12.0 Å². The first-order valence-electron chi connectivity index (χ1n) is 5.18. The van der Waals surface area contributed by atoms with Gasteiger partial charge >= 0.3 is 0 Å². The van der Waals surface area contributed by atoms with Crippen LogP contribution in [0, 0.1) is 18.2 Å². The summed E-state index contributed by atoms with van der Waals surface area (Å²) >= 11 is 0. The molecule has 0 bridgehead atoms. The van der Waals surface area contributed by atoms with Crippen LogP contribution in [0.15, 0.2) is 24.3 Å². The molecule has 1 rings (SSSR count). The normalized spacial score (nSPS) is 12.1. The predicted molar refractivity (Wildman–Crippen MR) is 61.0 cm³/mol. The van der Waals surface area contributed by atoms with Gasteiger partial charge in [-0.25, -0.2) is 4.39 Å². The first-order valence-corrected chi connectivity index (χ1v) is 5.18. The summed E-state index contributed by atoms with van der Waals surface area (Å²) in [6.07, 6.45) is 6.54. The van der Waals surface area contributed by atoms with Crippen molar-refractivity contribution in [3.05, 3.63) is 35.6 Å². The number of benzene rings is 1. The molecule has 0 heterocycles. The van der Waals surface area contributed by atoms with E-state index in [4.69, 9.17) is 6.42 Å². The first-order chi connectivity index (χ1) is 7.27. The van der Waals surface area contributed by atoms with E-state index in [-0.39, 0.29) is 11.9 Å². The Morgan fingerprint density at radius 1 is 1.47 bits per heavy atom. The molecular weight excluding hydrogens is 189 g/mol. The average Bonchev–Trinajstić information content (AvgIpc) is 2.22. The number of likely N-dealkylation sites (N-methyl/N-ethyl adjacent to an activating group) is 1. The lowest BCUT2D eigenvalue weighted by Gasteiger charge is -2.15. The second kappa shape index (κ2) is 6.21. The third kappa shape index (κ3) is 3.73. The molecule has 1 aromatic carbocycles. The number of hydrogen-bond donors (Lipinski definition) is 1. The smallest absolute Gasteiger partial charge is 0.126 e. The second-order valence-electron chi connectivity index (χ2n) is 3.46. The van der Waals surface area contributed by atoms with Gasteiger partial charge in [0.2, 0.25) is 0 Å². The fourth-order valence-corrected chi connectivity index (χ4v) is 1.58. The van der Waals surface area contributed by atoms with Crippen molar-refractivity contribution in [2.75, 3.05) is 6.54 Å². The molecule has 0 radical (unpaired) electrons. The van der Waals surface area contributed by atoms with E-state index < -0.39 is 0 Å². The third-order valence-corrected chi connectivity index (χ3v) is 2.28. The minimum absolute atomic E-state index is 0.155. The molecule has 0 aromatic heterocycles. The molecular formula is C13H16FN. The maximum absolute atomic E-state index is 13.4. The van der Waals surface area contributed by atoms with Gasteiger partial charge in [-0.3, -0.25) is 0 Å². The van der Waals surface area contributed by atoms with Crippen LogP contribution >= 0.6 is 0 Å². The van der Waals surface area contributed by atoms with Crippen molar-refractivity contribution >= 4 is 0 Å². The number of nitrogens with one attached hydrogen (secondary N) is 1. The van der Waals surface area contributed by atoms with Crippen LogP contribution in [-0.2, 0) is 6.42 Å². The van der Waals surface area contributed by atoms with E-state index in [1.807, 2.05) is 13.0 Å². The molecule has 0 fully saturated rings. The Labute approximate surface area is 90.7 Å². The zero-order valence-corrected chi connectivity index (χ0v) is 8.96. The summed E-state index contributed by atoms with van der Waals surface area (Å²) in [6.45, 7) is 2.87. The van der Waals surface area contributed by atoms with Crippen LogP contribution in [0.3, 0.4) is 0 Å². The van der Waals surface area contributed by atoms with Gasteiger partial charge < -0.3 is 5.32 Å². The molecule has 1 atom stereocenters. The Hall–Kier alpha value is -1.33. The average molecular weight is 205 g/mol. The zero-order valence-electron chi connectivity index (χ0n) is 8.96. The van der Waals surface area contributed by atoms with E-state index in [0.29, 0.717) is 12.8 Å². The van der Waals surface area contributed by atoms with E-state index in [0.717, 1.165) is 12.1 Å². The Morgan fingerprint density at radius 2 is 2.20 bits per heavy atom. The predicted octanol–water partition coefficient (Wildman–Crippen LogP) is 2.37. The van der Waals surface area contributed by atoms with Gasteiger partial charge in [0.25, 0.3) is 0 Å². The van der Waals surface area contributed by atoms with Crippen molar-refractivity contribution in [2.45, 2.75) is 25.8 Å². The Bertz CT molecular complexity index is 341. The standard InChI is InChI=1S/C13H16FN/c1-3-7-12(15-4-2)10-11-8-5-6-9-13(11)14/h1,5-6,8-9,12,15H,4,7,10H2,2H3. The van der Waals surface area contributed by atoms with Crippen LogP contribution < -0.4 is 5.32 Å². The molecule has 2 heteroatoms. The van der Waals surface area contributed by atoms with Gasteiger partial charge in [-0.05, 0) is 24.6 Å². The van der Waals surface area contributed by atoms with E-state index in [2.05, 4.69) is 11.2 Å². The van der Waals surface area contributed by atoms with Crippen molar-refractivity contribution in [2.24, 2.45) is 0 Å². The molecule has 0 aliphatic heterocycles. The quantitative estimate of drug-likeness (QED) is 0.728. The van der Waals surface area contributed by atoms with Crippen molar-refractivity contribution in [3.8, 4) is 12.3 Å². The maximum atomic E-state index is 13.4. The molecule has 0 aliphatic carbocycles. The highest BCUT2D eigenvalue weighted by Gasteiger charge is 2.09. The molecule has 0 spiro atoms. The van der Waals surface area contributed by atoms with Crippen molar-refractivity contribution in [3.63, 3.8) is 0 Å². The van der Waals surface area contributed by atoms with Gasteiger partial charge in [-0.2, -0.15) is 0 Å². The Kier molecular flexibility index (Phi) is 4.86. The van der Waals surface area contributed by atoms with Crippen LogP contribution in [-0.4, -0.2) is 12.6 Å². The van der Waals surface area contributed by atoms with Crippen molar-refractivity contribution < 1.29 is 4.39 Å². The summed E-state index contributed by atoms with van der Waals surface area (Å²) in [7, 11) is 0. The summed E-state index contributed by atoms with van der Waals surface area (Å²) in [5, 5.41) is 3.25. The van der Waals surface area contributed by atoms with E-state index in [9.17, 15) is 4.39 Å². The number of halogens is 1. The fourth-order valence-electron chi connectivity index (χ4n) is 1.58. The third-order valence-electron chi connectivity index (χ3n) is 2.28. The lowest BCUT2D eigenvalue weighted by molar-refractivity contribution is 0.517. The van der Waals surface area contributed by atoms with E-state index in [1.54, 1.807) is 12.1 Å². The maximum Gasteiger partial charge on any atom is 0.126 e. The van der Waals surface area contributed by atoms with E-state index >= 15 is 0 Å². The summed E-state index contributed by atoms with van der Waals surface area (Å²) in [4.78, 5) is 0. The summed E-state index contributed by atoms with van der Waals surface area (Å²) in [5.41, 5.74) is 0.721. The highest BCUT2D eigenvalue weighted by Crippen LogP contribution is 2.10. The van der Waals surface area contributed by atoms with Gasteiger partial charge in [0.05, 0.1) is 0 Å². The van der Waals surface area contributed by atoms with Crippen LogP contribution in [0.5, 0.6) is 0 Å². The summed E-state index contributed by atoms with van der Waals surface area (Å²) in [6, 6.07) is 6.99. The highest BCUT2D eigenvalue weighted by molar-refractivity contribution is 5.18. The number of terminal acetylenes is 1. The summed E-state index contributed by atoms with van der Waals surface area (Å²) < 4.78 is 13.4. The summed E-state index contributed by atoms with van der Waals surface area (Å²) in [5.74, 6) is 2.45. The van der Waals surface area contributed by atoms with Gasteiger partial charge in [0, 0.05) is 12.5 Å². The molecule has 0 saturated carbocycles. The minimum atomic E-state index is -0.155. The molecule has 0 amide bonds. The van der Waals surface area contributed by atoms with Crippen LogP contribution in [0.2, 0.25) is 0 Å². The van der Waals surface area contributed by atoms with Crippen LogP contribution in [0.25, 0.3) is 0 Å². The van der Waals surface area contributed by atoms with Gasteiger partial charge in [-0.1, -0.05) is 25.1 Å². The van der Waals surface area contributed by atoms with Gasteiger partial charge in [-0.15, -0.1) is 12.3 Å². The largest absolute Gasteiger partial charge is 0.313 e. The van der Waals surface area contributed by atoms with Gasteiger partial charge in [0.1, 0.15) is 5.82 Å². The lowest BCUT2D eigenvalue weighted by Crippen LogP contribution is -2.30. The molecule has 1 N–H and O–H groups in total.